The third-order valence-electron chi connectivity index (χ3n) is 4.05. The number of hydrogen-bond donors (Lipinski definition) is 1. The number of benzene rings is 1. The van der Waals surface area contributed by atoms with Crippen LogP contribution in [0.1, 0.15) is 25.0 Å². The Labute approximate surface area is 146 Å². The highest BCUT2D eigenvalue weighted by Crippen LogP contribution is 2.26. The Morgan fingerprint density at radius 1 is 1.26 bits per heavy atom. The third kappa shape index (κ3) is 5.06. The average Bonchev–Trinajstić information content (AvgIpc) is 2.86. The molecule has 23 heavy (non-hydrogen) atoms. The van der Waals surface area contributed by atoms with E-state index in [0.717, 1.165) is 18.8 Å². The Kier molecular flexibility index (Phi) is 6.81. The summed E-state index contributed by atoms with van der Waals surface area (Å²) in [7, 11) is 4.15. The summed E-state index contributed by atoms with van der Waals surface area (Å²) in [6.07, 6.45) is 1.85. The molecule has 0 saturated heterocycles. The highest BCUT2D eigenvalue weighted by Gasteiger charge is 2.19. The van der Waals surface area contributed by atoms with E-state index in [9.17, 15) is 0 Å². The van der Waals surface area contributed by atoms with Gasteiger partial charge in [-0.05, 0) is 43.6 Å². The summed E-state index contributed by atoms with van der Waals surface area (Å²) in [5, 5.41) is 4.30. The van der Waals surface area contributed by atoms with E-state index >= 15 is 0 Å². The molecule has 0 aliphatic rings. The SMILES string of the molecule is Cc1ccc(CN(C)CC(C)(C)CN)c(-c2ccnn2C)c1.Cl. The fourth-order valence-electron chi connectivity index (χ4n) is 2.85. The van der Waals surface area contributed by atoms with E-state index in [4.69, 9.17) is 5.73 Å². The molecule has 2 rings (SSSR count). The molecule has 2 N–H and O–H groups in total. The molecule has 0 saturated carbocycles. The van der Waals surface area contributed by atoms with Crippen molar-refractivity contribution in [3.8, 4) is 11.3 Å². The van der Waals surface area contributed by atoms with Crippen molar-refractivity contribution in [1.29, 1.82) is 0 Å². The van der Waals surface area contributed by atoms with Gasteiger partial charge in [-0.2, -0.15) is 5.10 Å². The van der Waals surface area contributed by atoms with Gasteiger partial charge in [-0.25, -0.2) is 0 Å². The molecule has 2 aromatic rings. The van der Waals surface area contributed by atoms with Crippen LogP contribution in [0.15, 0.2) is 30.5 Å². The van der Waals surface area contributed by atoms with Gasteiger partial charge in [0.05, 0.1) is 5.69 Å². The molecule has 0 bridgehead atoms. The molecule has 0 amide bonds. The largest absolute Gasteiger partial charge is 0.330 e. The molecule has 5 heteroatoms. The zero-order valence-corrected chi connectivity index (χ0v) is 15.7. The van der Waals surface area contributed by atoms with E-state index in [1.807, 2.05) is 17.9 Å². The Hall–Kier alpha value is -1.36. The van der Waals surface area contributed by atoms with Gasteiger partial charge in [0.2, 0.25) is 0 Å². The molecule has 0 atom stereocenters. The van der Waals surface area contributed by atoms with Crippen LogP contribution < -0.4 is 5.73 Å². The maximum atomic E-state index is 5.86. The van der Waals surface area contributed by atoms with Gasteiger partial charge in [-0.1, -0.05) is 31.5 Å². The number of aromatic nitrogens is 2. The molecule has 0 aliphatic heterocycles. The second kappa shape index (κ2) is 7.95. The third-order valence-corrected chi connectivity index (χ3v) is 4.05. The summed E-state index contributed by atoms with van der Waals surface area (Å²) < 4.78 is 1.93. The van der Waals surface area contributed by atoms with E-state index in [2.05, 4.69) is 62.1 Å². The maximum Gasteiger partial charge on any atom is 0.0682 e. The van der Waals surface area contributed by atoms with E-state index in [-0.39, 0.29) is 17.8 Å². The zero-order valence-electron chi connectivity index (χ0n) is 14.8. The lowest BCUT2D eigenvalue weighted by Gasteiger charge is -2.29. The molecular weight excluding hydrogens is 308 g/mol. The van der Waals surface area contributed by atoms with Crippen LogP contribution in [0.4, 0.5) is 0 Å². The molecule has 1 aromatic carbocycles. The fourth-order valence-corrected chi connectivity index (χ4v) is 2.85. The molecule has 0 fully saturated rings. The molecule has 1 aromatic heterocycles. The number of nitrogens with zero attached hydrogens (tertiary/aromatic N) is 3. The van der Waals surface area contributed by atoms with Crippen LogP contribution in [-0.2, 0) is 13.6 Å². The molecule has 0 unspecified atom stereocenters. The average molecular weight is 337 g/mol. The first-order valence-electron chi connectivity index (χ1n) is 7.79. The second-order valence-electron chi connectivity index (χ2n) is 7.04. The highest BCUT2D eigenvalue weighted by atomic mass is 35.5. The number of rotatable bonds is 6. The van der Waals surface area contributed by atoms with Crippen LogP contribution in [0.25, 0.3) is 11.3 Å². The first-order valence-corrected chi connectivity index (χ1v) is 7.79. The van der Waals surface area contributed by atoms with Crippen molar-refractivity contribution in [2.24, 2.45) is 18.2 Å². The first-order chi connectivity index (χ1) is 10.3. The van der Waals surface area contributed by atoms with Gasteiger partial charge in [0, 0.05) is 31.9 Å². The standard InChI is InChI=1S/C18H28N4.ClH/c1-14-6-7-15(11-21(4)13-18(2,3)12-19)16(10-14)17-8-9-20-22(17)5;/h6-10H,11-13,19H2,1-5H3;1H. The molecule has 4 nitrogen and oxygen atoms in total. The molecule has 0 radical (unpaired) electrons. The minimum Gasteiger partial charge on any atom is -0.330 e. The van der Waals surface area contributed by atoms with Gasteiger partial charge in [-0.3, -0.25) is 4.68 Å². The highest BCUT2D eigenvalue weighted by molar-refractivity contribution is 5.85. The lowest BCUT2D eigenvalue weighted by atomic mass is 9.93. The van der Waals surface area contributed by atoms with Gasteiger partial charge in [0.1, 0.15) is 0 Å². The maximum absolute atomic E-state index is 5.86. The van der Waals surface area contributed by atoms with Gasteiger partial charge in [0.25, 0.3) is 0 Å². The van der Waals surface area contributed by atoms with Crippen molar-refractivity contribution in [3.63, 3.8) is 0 Å². The molecule has 0 aliphatic carbocycles. The smallest absolute Gasteiger partial charge is 0.0682 e. The molecule has 0 spiro atoms. The van der Waals surface area contributed by atoms with Crippen LogP contribution in [0, 0.1) is 12.3 Å². The van der Waals surface area contributed by atoms with Gasteiger partial charge < -0.3 is 10.6 Å². The minimum atomic E-state index is 0. The summed E-state index contributed by atoms with van der Waals surface area (Å²) >= 11 is 0. The second-order valence-corrected chi connectivity index (χ2v) is 7.04. The number of aryl methyl sites for hydroxylation is 2. The number of nitrogens with two attached hydrogens (primary N) is 1. The summed E-state index contributed by atoms with van der Waals surface area (Å²) in [4.78, 5) is 2.34. The number of hydrogen-bond acceptors (Lipinski definition) is 3. The van der Waals surface area contributed by atoms with E-state index in [0.29, 0.717) is 6.54 Å². The predicted molar refractivity (Wildman–Crippen MR) is 99.8 cm³/mol. The van der Waals surface area contributed by atoms with Crippen LogP contribution in [0.3, 0.4) is 0 Å². The lowest BCUT2D eigenvalue weighted by molar-refractivity contribution is 0.210. The van der Waals surface area contributed by atoms with Crippen LogP contribution in [0.2, 0.25) is 0 Å². The number of halogens is 1. The monoisotopic (exact) mass is 336 g/mol. The van der Waals surface area contributed by atoms with Crippen molar-refractivity contribution in [3.05, 3.63) is 41.6 Å². The predicted octanol–water partition coefficient (Wildman–Crippen LogP) is 3.23. The fraction of sp³-hybridized carbons (Fsp3) is 0.500. The van der Waals surface area contributed by atoms with Crippen molar-refractivity contribution >= 4 is 12.4 Å². The Balaban J connectivity index is 0.00000264. The summed E-state index contributed by atoms with van der Waals surface area (Å²) in [6.45, 7) is 9.12. The van der Waals surface area contributed by atoms with Crippen molar-refractivity contribution < 1.29 is 0 Å². The molecular formula is C18H29ClN4. The topological polar surface area (TPSA) is 47.1 Å². The van der Waals surface area contributed by atoms with Crippen LogP contribution in [-0.4, -0.2) is 34.8 Å². The normalized spacial score (nSPS) is 11.6. The lowest BCUT2D eigenvalue weighted by Crippen LogP contribution is -2.36. The van der Waals surface area contributed by atoms with Gasteiger partial charge in [0.15, 0.2) is 0 Å². The molecule has 1 heterocycles. The van der Waals surface area contributed by atoms with Crippen molar-refractivity contribution in [2.75, 3.05) is 20.1 Å². The van der Waals surface area contributed by atoms with Crippen LogP contribution >= 0.6 is 12.4 Å². The van der Waals surface area contributed by atoms with E-state index in [1.165, 1.54) is 16.7 Å². The first kappa shape index (κ1) is 19.7. The van der Waals surface area contributed by atoms with Gasteiger partial charge in [-0.15, -0.1) is 12.4 Å². The summed E-state index contributed by atoms with van der Waals surface area (Å²) in [5.74, 6) is 0. The van der Waals surface area contributed by atoms with Crippen molar-refractivity contribution in [2.45, 2.75) is 27.3 Å². The Morgan fingerprint density at radius 3 is 2.52 bits per heavy atom. The Morgan fingerprint density at radius 2 is 1.96 bits per heavy atom. The van der Waals surface area contributed by atoms with Gasteiger partial charge >= 0.3 is 0 Å². The van der Waals surface area contributed by atoms with Crippen LogP contribution in [0.5, 0.6) is 0 Å². The van der Waals surface area contributed by atoms with E-state index in [1.54, 1.807) is 0 Å². The van der Waals surface area contributed by atoms with Crippen molar-refractivity contribution in [1.82, 2.24) is 14.7 Å². The zero-order chi connectivity index (χ0) is 16.3. The molecule has 128 valence electrons. The minimum absolute atomic E-state index is 0. The van der Waals surface area contributed by atoms with E-state index < -0.39 is 0 Å². The Bertz CT molecular complexity index is 634. The summed E-state index contributed by atoms with van der Waals surface area (Å²) in [5.41, 5.74) is 11.0. The quantitative estimate of drug-likeness (QED) is 0.881. The summed E-state index contributed by atoms with van der Waals surface area (Å²) in [6, 6.07) is 8.72.